The van der Waals surface area contributed by atoms with Gasteiger partial charge in [-0.15, -0.1) is 0 Å². The third kappa shape index (κ3) is 4.55. The van der Waals surface area contributed by atoms with Gasteiger partial charge in [0.15, 0.2) is 0 Å². The lowest BCUT2D eigenvalue weighted by molar-refractivity contribution is 0.141. The van der Waals surface area contributed by atoms with Gasteiger partial charge in [-0.3, -0.25) is 4.90 Å². The molecule has 2 aromatic carbocycles. The molecule has 8 heteroatoms. The van der Waals surface area contributed by atoms with Gasteiger partial charge in [0, 0.05) is 21.4 Å². The molecule has 1 saturated heterocycles. The Bertz CT molecular complexity index is 766. The minimum absolute atomic E-state index is 0.204. The number of urea groups is 1. The molecule has 25 heavy (non-hydrogen) atoms. The van der Waals surface area contributed by atoms with Crippen LogP contribution >= 0.6 is 23.2 Å². The molecule has 6 nitrogen and oxygen atoms in total. The predicted octanol–water partition coefficient (Wildman–Crippen LogP) is 4.14. The number of cyclic esters (lactones) is 1. The monoisotopic (exact) mass is 379 g/mol. The van der Waals surface area contributed by atoms with E-state index in [0.717, 1.165) is 0 Å². The number of hydrogen-bond donors (Lipinski definition) is 2. The van der Waals surface area contributed by atoms with Gasteiger partial charge < -0.3 is 15.4 Å². The molecule has 130 valence electrons. The molecule has 0 aliphatic carbocycles. The number of halogens is 2. The summed E-state index contributed by atoms with van der Waals surface area (Å²) in [7, 11) is 0. The van der Waals surface area contributed by atoms with Crippen LogP contribution in [0.15, 0.2) is 48.5 Å². The maximum Gasteiger partial charge on any atom is 0.414 e. The van der Waals surface area contributed by atoms with Crippen molar-refractivity contribution < 1.29 is 14.3 Å². The Labute approximate surface area is 154 Å². The summed E-state index contributed by atoms with van der Waals surface area (Å²) in [6.07, 6.45) is -0.883. The van der Waals surface area contributed by atoms with E-state index in [1.54, 1.807) is 48.5 Å². The van der Waals surface area contributed by atoms with Crippen molar-refractivity contribution in [3.8, 4) is 0 Å². The standard InChI is InChI=1S/C17H15Cl2N3O3/c18-11-1-5-13(6-2-11)21-16(23)20-9-15-10-22(17(24)25-15)14-7-3-12(19)4-8-14/h1-8,15H,9-10H2,(H2,20,21,23). The summed E-state index contributed by atoms with van der Waals surface area (Å²) >= 11 is 11.6. The molecule has 1 aliphatic heterocycles. The molecular weight excluding hydrogens is 365 g/mol. The fourth-order valence-electron chi connectivity index (χ4n) is 2.37. The SMILES string of the molecule is O=C(NCC1CN(c2ccc(Cl)cc2)C(=O)O1)Nc1ccc(Cl)cc1. The molecule has 1 heterocycles. The Hall–Kier alpha value is -2.44. The fourth-order valence-corrected chi connectivity index (χ4v) is 2.63. The lowest BCUT2D eigenvalue weighted by Crippen LogP contribution is -2.37. The zero-order valence-electron chi connectivity index (χ0n) is 13.0. The third-order valence-electron chi connectivity index (χ3n) is 3.60. The Morgan fingerprint density at radius 3 is 2.32 bits per heavy atom. The largest absolute Gasteiger partial charge is 0.442 e. The first-order valence-corrected chi connectivity index (χ1v) is 8.31. The summed E-state index contributed by atoms with van der Waals surface area (Å²) in [6, 6.07) is 13.3. The van der Waals surface area contributed by atoms with Gasteiger partial charge in [-0.25, -0.2) is 9.59 Å². The Kier molecular flexibility index (Phi) is 5.31. The fraction of sp³-hybridized carbons (Fsp3) is 0.176. The second-order valence-electron chi connectivity index (χ2n) is 5.43. The average Bonchev–Trinajstić information content (AvgIpc) is 2.97. The number of benzene rings is 2. The molecule has 3 amide bonds. The highest BCUT2D eigenvalue weighted by Gasteiger charge is 2.32. The molecule has 1 aliphatic rings. The molecule has 0 aromatic heterocycles. The van der Waals surface area contributed by atoms with E-state index < -0.39 is 12.2 Å². The zero-order valence-corrected chi connectivity index (χ0v) is 14.6. The number of ether oxygens (including phenoxy) is 1. The van der Waals surface area contributed by atoms with Crippen molar-refractivity contribution in [2.45, 2.75) is 6.10 Å². The molecule has 0 bridgehead atoms. The maximum atomic E-state index is 12.0. The number of rotatable bonds is 4. The van der Waals surface area contributed by atoms with Crippen molar-refractivity contribution in [1.82, 2.24) is 5.32 Å². The molecule has 2 N–H and O–H groups in total. The number of nitrogens with one attached hydrogen (secondary N) is 2. The minimum atomic E-state index is -0.452. The molecule has 1 unspecified atom stereocenters. The van der Waals surface area contributed by atoms with Crippen LogP contribution < -0.4 is 15.5 Å². The number of amides is 3. The van der Waals surface area contributed by atoms with Gasteiger partial charge in [-0.1, -0.05) is 23.2 Å². The summed E-state index contributed by atoms with van der Waals surface area (Å²) in [6.45, 7) is 0.553. The van der Waals surface area contributed by atoms with Crippen molar-refractivity contribution in [1.29, 1.82) is 0 Å². The van der Waals surface area contributed by atoms with Crippen molar-refractivity contribution in [3.63, 3.8) is 0 Å². The second kappa shape index (κ2) is 7.63. The first-order valence-electron chi connectivity index (χ1n) is 7.55. The van der Waals surface area contributed by atoms with Crippen molar-refractivity contribution >= 4 is 46.7 Å². The molecular formula is C17H15Cl2N3O3. The lowest BCUT2D eigenvalue weighted by atomic mass is 10.2. The normalized spacial score (nSPS) is 16.5. The van der Waals surface area contributed by atoms with E-state index in [2.05, 4.69) is 10.6 Å². The highest BCUT2D eigenvalue weighted by Crippen LogP contribution is 2.23. The topological polar surface area (TPSA) is 70.7 Å². The summed E-state index contributed by atoms with van der Waals surface area (Å²) in [5, 5.41) is 6.54. The van der Waals surface area contributed by atoms with Crippen molar-refractivity contribution in [2.24, 2.45) is 0 Å². The third-order valence-corrected chi connectivity index (χ3v) is 4.11. The van der Waals surface area contributed by atoms with E-state index in [1.807, 2.05) is 0 Å². The van der Waals surface area contributed by atoms with Gasteiger partial charge in [-0.2, -0.15) is 0 Å². The van der Waals surface area contributed by atoms with Gasteiger partial charge in [0.25, 0.3) is 0 Å². The van der Waals surface area contributed by atoms with E-state index in [9.17, 15) is 9.59 Å². The first kappa shape index (κ1) is 17.4. The van der Waals surface area contributed by atoms with Crippen LogP contribution in [0, 0.1) is 0 Å². The number of carbonyl (C=O) groups excluding carboxylic acids is 2. The molecule has 0 saturated carbocycles. The highest BCUT2D eigenvalue weighted by atomic mass is 35.5. The molecule has 0 spiro atoms. The van der Waals surface area contributed by atoms with Gasteiger partial charge in [-0.05, 0) is 48.5 Å². The maximum absolute atomic E-state index is 12.0. The number of carbonyl (C=O) groups is 2. The van der Waals surface area contributed by atoms with Crippen molar-refractivity contribution in [3.05, 3.63) is 58.6 Å². The van der Waals surface area contributed by atoms with Crippen LogP contribution in [0.4, 0.5) is 21.0 Å². The lowest BCUT2D eigenvalue weighted by Gasteiger charge is -2.13. The molecule has 1 atom stereocenters. The molecule has 3 rings (SSSR count). The minimum Gasteiger partial charge on any atom is -0.442 e. The van der Waals surface area contributed by atoms with E-state index in [4.69, 9.17) is 27.9 Å². The summed E-state index contributed by atoms with van der Waals surface area (Å²) in [5.41, 5.74) is 1.32. The van der Waals surface area contributed by atoms with Crippen LogP contribution in [0.3, 0.4) is 0 Å². The average molecular weight is 380 g/mol. The Morgan fingerprint density at radius 1 is 1.08 bits per heavy atom. The zero-order chi connectivity index (χ0) is 17.8. The van der Waals surface area contributed by atoms with Crippen LogP contribution in [0.1, 0.15) is 0 Å². The number of hydrogen-bond acceptors (Lipinski definition) is 3. The summed E-state index contributed by atoms with van der Waals surface area (Å²) < 4.78 is 5.27. The Morgan fingerprint density at radius 2 is 1.68 bits per heavy atom. The van der Waals surface area contributed by atoms with E-state index >= 15 is 0 Å². The van der Waals surface area contributed by atoms with Gasteiger partial charge in [0.1, 0.15) is 6.10 Å². The van der Waals surface area contributed by atoms with E-state index in [0.29, 0.717) is 28.0 Å². The quantitative estimate of drug-likeness (QED) is 0.838. The van der Waals surface area contributed by atoms with Crippen LogP contribution in [0.2, 0.25) is 10.0 Å². The highest BCUT2D eigenvalue weighted by molar-refractivity contribution is 6.31. The molecule has 0 radical (unpaired) electrons. The first-order chi connectivity index (χ1) is 12.0. The van der Waals surface area contributed by atoms with Crippen LogP contribution in [-0.2, 0) is 4.74 Å². The number of anilines is 2. The van der Waals surface area contributed by atoms with Gasteiger partial charge in [0.05, 0.1) is 13.1 Å². The van der Waals surface area contributed by atoms with E-state index in [1.165, 1.54) is 4.90 Å². The molecule has 1 fully saturated rings. The number of nitrogens with zero attached hydrogens (tertiary/aromatic N) is 1. The van der Waals surface area contributed by atoms with Crippen LogP contribution in [0.5, 0.6) is 0 Å². The van der Waals surface area contributed by atoms with Crippen LogP contribution in [-0.4, -0.2) is 31.3 Å². The smallest absolute Gasteiger partial charge is 0.414 e. The van der Waals surface area contributed by atoms with Gasteiger partial charge in [0.2, 0.25) is 0 Å². The summed E-state index contributed by atoms with van der Waals surface area (Å²) in [4.78, 5) is 25.4. The van der Waals surface area contributed by atoms with Crippen LogP contribution in [0.25, 0.3) is 0 Å². The predicted molar refractivity (Wildman–Crippen MR) is 97.5 cm³/mol. The van der Waals surface area contributed by atoms with Gasteiger partial charge >= 0.3 is 12.1 Å². The van der Waals surface area contributed by atoms with Crippen molar-refractivity contribution in [2.75, 3.05) is 23.3 Å². The molecule has 2 aromatic rings. The van der Waals surface area contributed by atoms with E-state index in [-0.39, 0.29) is 12.6 Å². The second-order valence-corrected chi connectivity index (χ2v) is 6.31. The summed E-state index contributed by atoms with van der Waals surface area (Å²) in [5.74, 6) is 0. The Balaban J connectivity index is 1.50.